The lowest BCUT2D eigenvalue weighted by Gasteiger charge is -2.10. The molecular weight excluding hydrogens is 200 g/mol. The van der Waals surface area contributed by atoms with Crippen LogP contribution in [-0.2, 0) is 0 Å². The number of rotatable bonds is 6. The zero-order valence-corrected chi connectivity index (χ0v) is 10.2. The SMILES string of the molecule is CC(=O)c1ccc(NCCNC(C)C)cc1. The van der Waals surface area contributed by atoms with Crippen molar-refractivity contribution < 1.29 is 4.79 Å². The normalized spacial score (nSPS) is 10.5. The highest BCUT2D eigenvalue weighted by Crippen LogP contribution is 2.09. The Morgan fingerprint density at radius 2 is 1.81 bits per heavy atom. The minimum absolute atomic E-state index is 0.105. The second-order valence-corrected chi connectivity index (χ2v) is 4.17. The largest absolute Gasteiger partial charge is 0.384 e. The molecule has 2 N–H and O–H groups in total. The molecule has 0 aliphatic rings. The summed E-state index contributed by atoms with van der Waals surface area (Å²) in [6.07, 6.45) is 0. The van der Waals surface area contributed by atoms with Gasteiger partial charge in [0.1, 0.15) is 0 Å². The van der Waals surface area contributed by atoms with E-state index < -0.39 is 0 Å². The van der Waals surface area contributed by atoms with Crippen molar-refractivity contribution in [2.45, 2.75) is 26.8 Å². The molecular formula is C13H20N2O. The lowest BCUT2D eigenvalue weighted by atomic mass is 10.1. The predicted octanol–water partition coefficient (Wildman–Crippen LogP) is 2.30. The van der Waals surface area contributed by atoms with Crippen molar-refractivity contribution in [2.75, 3.05) is 18.4 Å². The minimum atomic E-state index is 0.105. The van der Waals surface area contributed by atoms with Gasteiger partial charge < -0.3 is 10.6 Å². The average Bonchev–Trinajstić information content (AvgIpc) is 2.25. The molecule has 0 bridgehead atoms. The maximum Gasteiger partial charge on any atom is 0.159 e. The number of hydrogen-bond donors (Lipinski definition) is 2. The van der Waals surface area contributed by atoms with Crippen LogP contribution in [0.2, 0.25) is 0 Å². The fourth-order valence-corrected chi connectivity index (χ4v) is 1.39. The van der Waals surface area contributed by atoms with E-state index >= 15 is 0 Å². The lowest BCUT2D eigenvalue weighted by molar-refractivity contribution is 0.101. The molecule has 0 radical (unpaired) electrons. The van der Waals surface area contributed by atoms with Gasteiger partial charge in [0.05, 0.1) is 0 Å². The van der Waals surface area contributed by atoms with Crippen LogP contribution in [0.15, 0.2) is 24.3 Å². The van der Waals surface area contributed by atoms with Crippen LogP contribution in [0, 0.1) is 0 Å². The van der Waals surface area contributed by atoms with E-state index in [2.05, 4.69) is 24.5 Å². The molecule has 0 heterocycles. The summed E-state index contributed by atoms with van der Waals surface area (Å²) in [6, 6.07) is 8.08. The number of carbonyl (C=O) groups excluding carboxylic acids is 1. The van der Waals surface area contributed by atoms with Crippen LogP contribution in [0.25, 0.3) is 0 Å². The molecule has 1 rings (SSSR count). The van der Waals surface area contributed by atoms with Gasteiger partial charge in [-0.15, -0.1) is 0 Å². The van der Waals surface area contributed by atoms with E-state index in [1.54, 1.807) is 6.92 Å². The molecule has 1 aromatic carbocycles. The summed E-state index contributed by atoms with van der Waals surface area (Å²) in [5.41, 5.74) is 1.81. The summed E-state index contributed by atoms with van der Waals surface area (Å²) in [6.45, 7) is 7.65. The Morgan fingerprint density at radius 1 is 1.19 bits per heavy atom. The van der Waals surface area contributed by atoms with Crippen molar-refractivity contribution in [2.24, 2.45) is 0 Å². The molecule has 1 aromatic rings. The van der Waals surface area contributed by atoms with Gasteiger partial charge in [-0.2, -0.15) is 0 Å². The summed E-state index contributed by atoms with van der Waals surface area (Å²) < 4.78 is 0. The van der Waals surface area contributed by atoms with Crippen LogP contribution in [-0.4, -0.2) is 24.9 Å². The van der Waals surface area contributed by atoms with Gasteiger partial charge in [-0.1, -0.05) is 13.8 Å². The van der Waals surface area contributed by atoms with Crippen molar-refractivity contribution in [3.8, 4) is 0 Å². The molecule has 0 atom stereocenters. The number of carbonyl (C=O) groups is 1. The monoisotopic (exact) mass is 220 g/mol. The molecule has 0 saturated carbocycles. The van der Waals surface area contributed by atoms with Crippen LogP contribution in [0.1, 0.15) is 31.1 Å². The maximum atomic E-state index is 11.1. The van der Waals surface area contributed by atoms with Crippen molar-refractivity contribution in [1.29, 1.82) is 0 Å². The van der Waals surface area contributed by atoms with Gasteiger partial charge in [0.2, 0.25) is 0 Å². The summed E-state index contributed by atoms with van der Waals surface area (Å²) >= 11 is 0. The molecule has 0 fully saturated rings. The fourth-order valence-electron chi connectivity index (χ4n) is 1.39. The van der Waals surface area contributed by atoms with Gasteiger partial charge >= 0.3 is 0 Å². The number of ketones is 1. The number of anilines is 1. The Kier molecular flexibility index (Phi) is 4.99. The Hall–Kier alpha value is -1.35. The van der Waals surface area contributed by atoms with E-state index in [0.29, 0.717) is 6.04 Å². The number of hydrogen-bond acceptors (Lipinski definition) is 3. The van der Waals surface area contributed by atoms with Crippen molar-refractivity contribution in [1.82, 2.24) is 5.32 Å². The van der Waals surface area contributed by atoms with E-state index in [-0.39, 0.29) is 5.78 Å². The Balaban J connectivity index is 2.35. The smallest absolute Gasteiger partial charge is 0.159 e. The zero-order valence-electron chi connectivity index (χ0n) is 10.2. The van der Waals surface area contributed by atoms with Gasteiger partial charge in [0.15, 0.2) is 5.78 Å². The first-order valence-corrected chi connectivity index (χ1v) is 5.68. The van der Waals surface area contributed by atoms with Crippen LogP contribution < -0.4 is 10.6 Å². The van der Waals surface area contributed by atoms with Crippen LogP contribution >= 0.6 is 0 Å². The molecule has 0 aliphatic carbocycles. The van der Waals surface area contributed by atoms with Crippen LogP contribution in [0.3, 0.4) is 0 Å². The maximum absolute atomic E-state index is 11.1. The molecule has 3 nitrogen and oxygen atoms in total. The molecule has 3 heteroatoms. The van der Waals surface area contributed by atoms with Gasteiger partial charge in [-0.3, -0.25) is 4.79 Å². The molecule has 0 aliphatic heterocycles. The van der Waals surface area contributed by atoms with Gasteiger partial charge in [0.25, 0.3) is 0 Å². The van der Waals surface area contributed by atoms with Crippen molar-refractivity contribution in [3.05, 3.63) is 29.8 Å². The van der Waals surface area contributed by atoms with E-state index in [1.807, 2.05) is 24.3 Å². The van der Waals surface area contributed by atoms with Crippen molar-refractivity contribution >= 4 is 11.5 Å². The van der Waals surface area contributed by atoms with Gasteiger partial charge in [-0.25, -0.2) is 0 Å². The van der Waals surface area contributed by atoms with Gasteiger partial charge in [-0.05, 0) is 31.2 Å². The second kappa shape index (κ2) is 6.28. The molecule has 0 spiro atoms. The molecule has 88 valence electrons. The Labute approximate surface area is 97.2 Å². The summed E-state index contributed by atoms with van der Waals surface area (Å²) in [5, 5.41) is 6.62. The van der Waals surface area contributed by atoms with E-state index in [4.69, 9.17) is 0 Å². The third-order valence-electron chi connectivity index (χ3n) is 2.30. The van der Waals surface area contributed by atoms with E-state index in [1.165, 1.54) is 0 Å². The van der Waals surface area contributed by atoms with Crippen LogP contribution in [0.5, 0.6) is 0 Å². The summed E-state index contributed by atoms with van der Waals surface area (Å²) in [5.74, 6) is 0.105. The van der Waals surface area contributed by atoms with E-state index in [0.717, 1.165) is 24.3 Å². The standard InChI is InChI=1S/C13H20N2O/c1-10(2)14-8-9-15-13-6-4-12(5-7-13)11(3)16/h4-7,10,14-15H,8-9H2,1-3H3. The molecule has 16 heavy (non-hydrogen) atoms. The van der Waals surface area contributed by atoms with Crippen LogP contribution in [0.4, 0.5) is 5.69 Å². The number of nitrogens with one attached hydrogen (secondary N) is 2. The first-order valence-electron chi connectivity index (χ1n) is 5.68. The third kappa shape index (κ3) is 4.45. The lowest BCUT2D eigenvalue weighted by Crippen LogP contribution is -2.28. The fraction of sp³-hybridized carbons (Fsp3) is 0.462. The second-order valence-electron chi connectivity index (χ2n) is 4.17. The molecule has 0 saturated heterocycles. The number of Topliss-reactive ketones (excluding diaryl/α,β-unsaturated/α-hetero) is 1. The zero-order chi connectivity index (χ0) is 12.0. The summed E-state index contributed by atoms with van der Waals surface area (Å²) in [7, 11) is 0. The Bertz CT molecular complexity index is 330. The predicted molar refractivity (Wildman–Crippen MR) is 68.1 cm³/mol. The average molecular weight is 220 g/mol. The third-order valence-corrected chi connectivity index (χ3v) is 2.30. The first-order chi connectivity index (χ1) is 7.59. The topological polar surface area (TPSA) is 41.1 Å². The quantitative estimate of drug-likeness (QED) is 0.571. The number of benzene rings is 1. The van der Waals surface area contributed by atoms with E-state index in [9.17, 15) is 4.79 Å². The van der Waals surface area contributed by atoms with Crippen molar-refractivity contribution in [3.63, 3.8) is 0 Å². The molecule has 0 aromatic heterocycles. The summed E-state index contributed by atoms with van der Waals surface area (Å²) in [4.78, 5) is 11.1. The highest BCUT2D eigenvalue weighted by atomic mass is 16.1. The highest BCUT2D eigenvalue weighted by molar-refractivity contribution is 5.94. The molecule has 0 unspecified atom stereocenters. The Morgan fingerprint density at radius 3 is 2.31 bits per heavy atom. The molecule has 0 amide bonds. The minimum Gasteiger partial charge on any atom is -0.384 e. The first kappa shape index (κ1) is 12.7. The highest BCUT2D eigenvalue weighted by Gasteiger charge is 1.98. The van der Waals surface area contributed by atoms with Gasteiger partial charge in [0, 0.05) is 30.4 Å².